The molecule has 1 saturated heterocycles. The minimum absolute atomic E-state index is 0.0630. The maximum atomic E-state index is 17.1. The third-order valence-corrected chi connectivity index (χ3v) is 14.3. The molecule has 2 amide bonds. The highest BCUT2D eigenvalue weighted by molar-refractivity contribution is 6.30. The Morgan fingerprint density at radius 2 is 1.63 bits per heavy atom. The molecule has 14 heteroatoms. The van der Waals surface area contributed by atoms with E-state index in [0.29, 0.717) is 68.4 Å². The number of aliphatic hydroxyl groups is 1. The molecule has 2 spiro atoms. The molecule has 59 heavy (non-hydrogen) atoms. The molecule has 2 aliphatic carbocycles. The summed E-state index contributed by atoms with van der Waals surface area (Å²) in [5, 5.41) is 27.2. The van der Waals surface area contributed by atoms with Crippen LogP contribution < -0.4 is 10.6 Å². The Morgan fingerprint density at radius 1 is 0.949 bits per heavy atom. The summed E-state index contributed by atoms with van der Waals surface area (Å²) in [6.07, 6.45) is 6.50. The van der Waals surface area contributed by atoms with Crippen LogP contribution in [0.1, 0.15) is 117 Å². The van der Waals surface area contributed by atoms with Gasteiger partial charge in [0.2, 0.25) is 24.1 Å². The summed E-state index contributed by atoms with van der Waals surface area (Å²) in [6.45, 7) is 4.41. The first-order chi connectivity index (χ1) is 28.4. The van der Waals surface area contributed by atoms with Crippen molar-refractivity contribution >= 4 is 40.8 Å². The van der Waals surface area contributed by atoms with E-state index in [-0.39, 0.29) is 45.0 Å². The van der Waals surface area contributed by atoms with Gasteiger partial charge in [-0.05, 0) is 85.6 Å². The zero-order valence-electron chi connectivity index (χ0n) is 32.8. The molecule has 3 fully saturated rings. The second kappa shape index (κ2) is 15.4. The van der Waals surface area contributed by atoms with Crippen LogP contribution in [0, 0.1) is 11.2 Å². The van der Waals surface area contributed by atoms with E-state index in [1.165, 1.54) is 18.7 Å². The number of benzene rings is 2. The van der Waals surface area contributed by atoms with Crippen molar-refractivity contribution in [1.29, 1.82) is 0 Å². The Kier molecular flexibility index (Phi) is 10.3. The lowest BCUT2D eigenvalue weighted by Gasteiger charge is -2.56. The fourth-order valence-corrected chi connectivity index (χ4v) is 11.3. The van der Waals surface area contributed by atoms with Crippen LogP contribution in [0.4, 0.5) is 10.2 Å². The van der Waals surface area contributed by atoms with Crippen LogP contribution in [0.15, 0.2) is 95.9 Å². The van der Waals surface area contributed by atoms with Gasteiger partial charge in [0, 0.05) is 35.2 Å². The molecular weight excluding hydrogens is 792 g/mol. The van der Waals surface area contributed by atoms with Crippen molar-refractivity contribution in [3.8, 4) is 0 Å². The average Bonchev–Trinajstić information content (AvgIpc) is 3.94. The number of aromatic nitrogens is 4. The normalized spacial score (nSPS) is 27.0. The smallest absolute Gasteiger partial charge is 0.238 e. The number of hydrogen-bond donors (Lipinski definition) is 3. The summed E-state index contributed by atoms with van der Waals surface area (Å²) in [5.41, 5.74) is -0.959. The van der Waals surface area contributed by atoms with Gasteiger partial charge in [0.25, 0.3) is 0 Å². The fourth-order valence-electron chi connectivity index (χ4n) is 11.0. The number of amides is 2. The van der Waals surface area contributed by atoms with Crippen LogP contribution in [-0.4, -0.2) is 59.6 Å². The summed E-state index contributed by atoms with van der Waals surface area (Å²) >= 11 is 13.0. The highest BCUT2D eigenvalue weighted by Crippen LogP contribution is 2.69. The molecule has 2 aromatic carbocycles. The SMILES string of the molecule is CC1(C)CCC2(CC1)N([C@H](c1ccccc1)[C@@H](O)c1ccccc1)[C@@H](C(=O)NC1CCC(c3nnco3)CC1)[C@H](c1ccnc(Cl)c1F)[C@]21C(=O)Nc2nc(Cl)ccc21. The van der Waals surface area contributed by atoms with Crippen molar-refractivity contribution < 1.29 is 23.5 Å². The number of anilines is 1. The molecule has 2 aliphatic heterocycles. The van der Waals surface area contributed by atoms with E-state index < -0.39 is 46.8 Å². The topological polar surface area (TPSA) is 146 Å². The number of carbonyl (C=O) groups excluding carboxylic acids is 2. The van der Waals surface area contributed by atoms with E-state index >= 15 is 14.0 Å². The van der Waals surface area contributed by atoms with Crippen molar-refractivity contribution in [2.24, 2.45) is 5.41 Å². The lowest BCUT2D eigenvalue weighted by molar-refractivity contribution is -0.137. The quantitative estimate of drug-likeness (QED) is 0.131. The van der Waals surface area contributed by atoms with Crippen molar-refractivity contribution in [2.75, 3.05) is 5.32 Å². The molecule has 0 radical (unpaired) electrons. The predicted octanol–water partition coefficient (Wildman–Crippen LogP) is 8.62. The van der Waals surface area contributed by atoms with Gasteiger partial charge in [-0.15, -0.1) is 10.2 Å². The number of rotatable bonds is 8. The maximum Gasteiger partial charge on any atom is 0.238 e. The molecule has 5 aromatic rings. The van der Waals surface area contributed by atoms with Crippen molar-refractivity contribution in [2.45, 2.75) is 112 Å². The summed E-state index contributed by atoms with van der Waals surface area (Å²) in [7, 11) is 0. The van der Waals surface area contributed by atoms with Gasteiger partial charge in [0.1, 0.15) is 16.4 Å². The molecule has 9 rings (SSSR count). The van der Waals surface area contributed by atoms with Gasteiger partial charge in [-0.1, -0.05) is 104 Å². The van der Waals surface area contributed by atoms with Gasteiger partial charge in [0.05, 0.1) is 18.2 Å². The minimum atomic E-state index is -1.62. The molecule has 3 aromatic heterocycles. The van der Waals surface area contributed by atoms with Crippen molar-refractivity contribution in [1.82, 2.24) is 30.4 Å². The Bertz CT molecular complexity index is 2340. The summed E-state index contributed by atoms with van der Waals surface area (Å²) in [6, 6.07) is 21.6. The van der Waals surface area contributed by atoms with Crippen LogP contribution in [0.25, 0.3) is 0 Å². The number of hydrogen-bond acceptors (Lipinski definition) is 9. The first kappa shape index (κ1) is 39.7. The highest BCUT2D eigenvalue weighted by Gasteiger charge is 2.77. The fraction of sp³-hybridized carbons (Fsp3) is 0.422. The van der Waals surface area contributed by atoms with Crippen LogP contribution >= 0.6 is 23.2 Å². The third kappa shape index (κ3) is 6.54. The standard InChI is InChI=1S/C45H46Cl2FN7O4/c1-43(2)20-22-44(23-21-43)45(31-17-18-32(46)52-39(31)53-42(45)58)33(30-19-24-49-38(47)34(30)48)36(40(57)51-29-15-13-28(14-16-29)41-54-50-25-59-41)55(44)35(26-9-5-3-6-10-26)37(56)27-11-7-4-8-12-27/h3-12,17-19,24-25,28-29,33,35-37,56H,13-16,20-23H2,1-2H3,(H,51,57)(H,52,53,58)/t28?,29?,33-,35+,36+,37-,45+/m0/s1. The summed E-state index contributed by atoms with van der Waals surface area (Å²) in [4.78, 5) is 42.3. The largest absolute Gasteiger partial charge is 0.428 e. The lowest BCUT2D eigenvalue weighted by atomic mass is 9.53. The van der Waals surface area contributed by atoms with Gasteiger partial charge < -0.3 is 20.2 Å². The first-order valence-corrected chi connectivity index (χ1v) is 21.1. The summed E-state index contributed by atoms with van der Waals surface area (Å²) < 4.78 is 22.6. The van der Waals surface area contributed by atoms with E-state index in [9.17, 15) is 5.11 Å². The Morgan fingerprint density at radius 3 is 2.29 bits per heavy atom. The lowest BCUT2D eigenvalue weighted by Crippen LogP contribution is -2.64. The third-order valence-electron chi connectivity index (χ3n) is 13.8. The van der Waals surface area contributed by atoms with Gasteiger partial charge in [-0.25, -0.2) is 14.4 Å². The average molecular weight is 839 g/mol. The van der Waals surface area contributed by atoms with Crippen LogP contribution in [0.3, 0.4) is 0 Å². The maximum absolute atomic E-state index is 17.1. The van der Waals surface area contributed by atoms with E-state index in [1.807, 2.05) is 60.7 Å². The second-order valence-corrected chi connectivity index (χ2v) is 18.1. The number of carbonyl (C=O) groups is 2. The Balaban J connectivity index is 1.31. The van der Waals surface area contributed by atoms with Gasteiger partial charge in [0.15, 0.2) is 11.0 Å². The summed E-state index contributed by atoms with van der Waals surface area (Å²) in [5.74, 6) is -1.88. The molecule has 0 bridgehead atoms. The number of halogens is 3. The monoisotopic (exact) mass is 837 g/mol. The number of pyridine rings is 2. The first-order valence-electron chi connectivity index (χ1n) is 20.4. The van der Waals surface area contributed by atoms with E-state index in [4.69, 9.17) is 27.6 Å². The second-order valence-electron chi connectivity index (χ2n) is 17.4. The molecule has 0 unspecified atom stereocenters. The molecule has 306 valence electrons. The van der Waals surface area contributed by atoms with Crippen LogP contribution in [0.5, 0.6) is 0 Å². The molecular formula is C45H46Cl2FN7O4. The number of fused-ring (bicyclic) bond motifs is 3. The van der Waals surface area contributed by atoms with Crippen LogP contribution in [0.2, 0.25) is 10.3 Å². The molecule has 11 nitrogen and oxygen atoms in total. The molecule has 5 heterocycles. The number of aliphatic hydroxyl groups excluding tert-OH is 1. The van der Waals surface area contributed by atoms with Gasteiger partial charge in [-0.3, -0.25) is 14.5 Å². The van der Waals surface area contributed by atoms with Gasteiger partial charge in [-0.2, -0.15) is 0 Å². The highest BCUT2D eigenvalue weighted by atomic mass is 35.5. The molecule has 2 saturated carbocycles. The zero-order valence-corrected chi connectivity index (χ0v) is 34.3. The predicted molar refractivity (Wildman–Crippen MR) is 220 cm³/mol. The number of nitrogens with one attached hydrogen (secondary N) is 2. The van der Waals surface area contributed by atoms with E-state index in [0.717, 1.165) is 5.56 Å². The number of nitrogens with zero attached hydrogens (tertiary/aromatic N) is 5. The molecule has 5 atom stereocenters. The van der Waals surface area contributed by atoms with E-state index in [1.54, 1.807) is 12.1 Å². The molecule has 3 N–H and O–H groups in total. The Hall–Kier alpha value is -4.75. The van der Waals surface area contributed by atoms with Crippen LogP contribution in [-0.2, 0) is 15.0 Å². The zero-order chi connectivity index (χ0) is 41.1. The van der Waals surface area contributed by atoms with E-state index in [2.05, 4.69) is 49.5 Å². The van der Waals surface area contributed by atoms with Crippen molar-refractivity contribution in [3.63, 3.8) is 0 Å². The van der Waals surface area contributed by atoms with Crippen molar-refractivity contribution in [3.05, 3.63) is 136 Å². The van der Waals surface area contributed by atoms with Gasteiger partial charge >= 0.3 is 0 Å². The number of likely N-dealkylation sites (tertiary alicyclic amines) is 1. The Labute approximate surface area is 352 Å². The molecule has 4 aliphatic rings. The minimum Gasteiger partial charge on any atom is -0.428 e.